The third-order valence-electron chi connectivity index (χ3n) is 2.34. The summed E-state index contributed by atoms with van der Waals surface area (Å²) in [6, 6.07) is 6.64. The quantitative estimate of drug-likeness (QED) is 0.830. The summed E-state index contributed by atoms with van der Waals surface area (Å²) in [5.41, 5.74) is 0.528. The van der Waals surface area contributed by atoms with Crippen molar-refractivity contribution in [1.82, 2.24) is 15.5 Å². The molecular weight excluding hydrogens is 237 g/mol. The van der Waals surface area contributed by atoms with Crippen LogP contribution in [0.25, 0.3) is 10.6 Å². The summed E-state index contributed by atoms with van der Waals surface area (Å²) >= 11 is 1.45. The van der Waals surface area contributed by atoms with Crippen molar-refractivity contribution in [3.63, 3.8) is 0 Å². The van der Waals surface area contributed by atoms with Crippen molar-refractivity contribution in [2.45, 2.75) is 13.3 Å². The van der Waals surface area contributed by atoms with Crippen LogP contribution in [0.4, 0.5) is 4.39 Å². The van der Waals surface area contributed by atoms with E-state index in [0.717, 1.165) is 24.5 Å². The first kappa shape index (κ1) is 12.1. The number of nitrogens with zero attached hydrogens (tertiary/aromatic N) is 2. The van der Waals surface area contributed by atoms with Crippen molar-refractivity contribution in [1.29, 1.82) is 0 Å². The molecule has 0 amide bonds. The number of rotatable bonds is 5. The summed E-state index contributed by atoms with van der Waals surface area (Å²) in [5.74, 6) is -0.248. The number of hydrogen-bond acceptors (Lipinski definition) is 4. The normalized spacial score (nSPS) is 10.7. The standard InChI is InChI=1S/C12H14FN3S/c1-2-14-8-7-11-15-16-12(17-11)9-5-3-4-6-10(9)13/h3-6,14H,2,7-8H2,1H3. The lowest BCUT2D eigenvalue weighted by Gasteiger charge is -1.97. The maximum atomic E-state index is 13.5. The van der Waals surface area contributed by atoms with Crippen molar-refractivity contribution in [2.75, 3.05) is 13.1 Å². The molecule has 1 N–H and O–H groups in total. The van der Waals surface area contributed by atoms with Gasteiger partial charge in [-0.15, -0.1) is 10.2 Å². The number of hydrogen-bond donors (Lipinski definition) is 1. The summed E-state index contributed by atoms with van der Waals surface area (Å²) in [6.07, 6.45) is 0.833. The molecule has 1 aromatic heterocycles. The van der Waals surface area contributed by atoms with E-state index in [1.165, 1.54) is 17.4 Å². The zero-order valence-corrected chi connectivity index (χ0v) is 10.4. The Hall–Kier alpha value is -1.33. The molecule has 90 valence electrons. The Morgan fingerprint density at radius 3 is 2.88 bits per heavy atom. The molecule has 2 aromatic rings. The van der Waals surface area contributed by atoms with Crippen LogP contribution in [0.15, 0.2) is 24.3 Å². The van der Waals surface area contributed by atoms with Crippen molar-refractivity contribution in [3.8, 4) is 10.6 Å². The molecule has 0 saturated carbocycles. The Labute approximate surface area is 104 Å². The monoisotopic (exact) mass is 251 g/mol. The van der Waals surface area contributed by atoms with Crippen molar-refractivity contribution in [3.05, 3.63) is 35.1 Å². The highest BCUT2D eigenvalue weighted by Crippen LogP contribution is 2.25. The van der Waals surface area contributed by atoms with E-state index in [2.05, 4.69) is 22.4 Å². The van der Waals surface area contributed by atoms with E-state index in [9.17, 15) is 4.39 Å². The van der Waals surface area contributed by atoms with Crippen molar-refractivity contribution < 1.29 is 4.39 Å². The van der Waals surface area contributed by atoms with Crippen LogP contribution in [0.2, 0.25) is 0 Å². The Kier molecular flexibility index (Phi) is 4.17. The molecule has 0 atom stereocenters. The Bertz CT molecular complexity index is 484. The van der Waals surface area contributed by atoms with Crippen LogP contribution in [-0.4, -0.2) is 23.3 Å². The zero-order valence-electron chi connectivity index (χ0n) is 9.61. The fraction of sp³-hybridized carbons (Fsp3) is 0.333. The van der Waals surface area contributed by atoms with Crippen LogP contribution in [0.3, 0.4) is 0 Å². The number of benzene rings is 1. The minimum atomic E-state index is -0.248. The molecule has 0 bridgehead atoms. The highest BCUT2D eigenvalue weighted by Gasteiger charge is 2.09. The lowest BCUT2D eigenvalue weighted by molar-refractivity contribution is 0.631. The summed E-state index contributed by atoms with van der Waals surface area (Å²) in [4.78, 5) is 0. The lowest BCUT2D eigenvalue weighted by Crippen LogP contribution is -2.15. The fourth-order valence-electron chi connectivity index (χ4n) is 1.47. The molecule has 0 radical (unpaired) electrons. The third kappa shape index (κ3) is 3.08. The Morgan fingerprint density at radius 1 is 1.29 bits per heavy atom. The second kappa shape index (κ2) is 5.84. The molecule has 0 aliphatic heterocycles. The second-order valence-corrected chi connectivity index (χ2v) is 4.65. The summed E-state index contributed by atoms with van der Waals surface area (Å²) in [6.45, 7) is 3.88. The highest BCUT2D eigenvalue weighted by molar-refractivity contribution is 7.14. The van der Waals surface area contributed by atoms with E-state index in [1.807, 2.05) is 0 Å². The molecule has 17 heavy (non-hydrogen) atoms. The first-order valence-electron chi connectivity index (χ1n) is 5.59. The predicted molar refractivity (Wildman–Crippen MR) is 67.6 cm³/mol. The molecule has 0 saturated heterocycles. The number of likely N-dealkylation sites (N-methyl/N-ethyl adjacent to an activating group) is 1. The van der Waals surface area contributed by atoms with Gasteiger partial charge in [0.05, 0.1) is 0 Å². The van der Waals surface area contributed by atoms with Gasteiger partial charge in [0.1, 0.15) is 10.8 Å². The zero-order chi connectivity index (χ0) is 12.1. The summed E-state index contributed by atoms with van der Waals surface area (Å²) in [5, 5.41) is 12.9. The third-order valence-corrected chi connectivity index (χ3v) is 3.35. The lowest BCUT2D eigenvalue weighted by atomic mass is 10.2. The predicted octanol–water partition coefficient (Wildman–Crippen LogP) is 2.50. The SMILES string of the molecule is CCNCCc1nnc(-c2ccccc2F)s1. The van der Waals surface area contributed by atoms with Gasteiger partial charge in [-0.3, -0.25) is 0 Å². The van der Waals surface area contributed by atoms with E-state index in [4.69, 9.17) is 0 Å². The van der Waals surface area contributed by atoms with Gasteiger partial charge >= 0.3 is 0 Å². The van der Waals surface area contributed by atoms with Gasteiger partial charge in [0.25, 0.3) is 0 Å². The summed E-state index contributed by atoms with van der Waals surface area (Å²) < 4.78 is 13.5. The molecule has 0 aliphatic carbocycles. The smallest absolute Gasteiger partial charge is 0.150 e. The molecule has 5 heteroatoms. The largest absolute Gasteiger partial charge is 0.317 e. The molecule has 0 aliphatic rings. The van der Waals surface area contributed by atoms with Gasteiger partial charge in [-0.2, -0.15) is 0 Å². The maximum Gasteiger partial charge on any atom is 0.150 e. The molecule has 3 nitrogen and oxygen atoms in total. The molecule has 0 unspecified atom stereocenters. The first-order valence-corrected chi connectivity index (χ1v) is 6.41. The molecule has 1 heterocycles. The van der Waals surface area contributed by atoms with E-state index in [1.54, 1.807) is 18.2 Å². The van der Waals surface area contributed by atoms with Gasteiger partial charge in [-0.05, 0) is 18.7 Å². The minimum Gasteiger partial charge on any atom is -0.317 e. The number of nitrogens with one attached hydrogen (secondary N) is 1. The van der Waals surface area contributed by atoms with E-state index >= 15 is 0 Å². The van der Waals surface area contributed by atoms with Crippen LogP contribution < -0.4 is 5.32 Å². The average Bonchev–Trinajstić information content (AvgIpc) is 2.79. The topological polar surface area (TPSA) is 37.8 Å². The number of halogens is 1. The van der Waals surface area contributed by atoms with Gasteiger partial charge in [0.2, 0.25) is 0 Å². The van der Waals surface area contributed by atoms with Crippen LogP contribution in [-0.2, 0) is 6.42 Å². The van der Waals surface area contributed by atoms with Gasteiger partial charge in [-0.25, -0.2) is 4.39 Å². The van der Waals surface area contributed by atoms with Gasteiger partial charge < -0.3 is 5.32 Å². The van der Waals surface area contributed by atoms with Crippen LogP contribution in [0.1, 0.15) is 11.9 Å². The Balaban J connectivity index is 2.10. The minimum absolute atomic E-state index is 0.248. The molecule has 0 spiro atoms. The van der Waals surface area contributed by atoms with Gasteiger partial charge in [-0.1, -0.05) is 30.4 Å². The van der Waals surface area contributed by atoms with Crippen molar-refractivity contribution in [2.24, 2.45) is 0 Å². The molecule has 1 aromatic carbocycles. The Morgan fingerprint density at radius 2 is 2.12 bits per heavy atom. The average molecular weight is 251 g/mol. The fourth-order valence-corrected chi connectivity index (χ4v) is 2.34. The van der Waals surface area contributed by atoms with Crippen LogP contribution in [0.5, 0.6) is 0 Å². The molecule has 2 rings (SSSR count). The highest BCUT2D eigenvalue weighted by atomic mass is 32.1. The van der Waals surface area contributed by atoms with E-state index in [0.29, 0.717) is 10.6 Å². The molecule has 0 fully saturated rings. The van der Waals surface area contributed by atoms with E-state index in [-0.39, 0.29) is 5.82 Å². The maximum absolute atomic E-state index is 13.5. The number of aromatic nitrogens is 2. The first-order chi connectivity index (χ1) is 8.31. The van der Waals surface area contributed by atoms with E-state index < -0.39 is 0 Å². The van der Waals surface area contributed by atoms with Crippen molar-refractivity contribution >= 4 is 11.3 Å². The van der Waals surface area contributed by atoms with Gasteiger partial charge in [0, 0.05) is 18.5 Å². The second-order valence-electron chi connectivity index (χ2n) is 3.58. The summed E-state index contributed by atoms with van der Waals surface area (Å²) in [7, 11) is 0. The van der Waals surface area contributed by atoms with Gasteiger partial charge in [0.15, 0.2) is 5.01 Å². The van der Waals surface area contributed by atoms with Crippen LogP contribution >= 0.6 is 11.3 Å². The van der Waals surface area contributed by atoms with Crippen LogP contribution in [0, 0.1) is 5.82 Å². The molecular formula is C12H14FN3S.